The third-order valence-corrected chi connectivity index (χ3v) is 3.97. The average Bonchev–Trinajstić information content (AvgIpc) is 2.78. The van der Waals surface area contributed by atoms with Gasteiger partial charge in [-0.3, -0.25) is 9.79 Å². The van der Waals surface area contributed by atoms with Crippen molar-refractivity contribution in [2.24, 2.45) is 4.99 Å². The standard InChI is InChI=1S/C18H14FN3O/c1-10-6-7-12-14(8-10)21-18-16(11-4-2-3-5-13(11)19)20-9-15(23)22-17(12)18/h2-8,21H,9H2,1H3,(H,22,23). The zero-order valence-corrected chi connectivity index (χ0v) is 12.5. The Balaban J connectivity index is 2.01. The van der Waals surface area contributed by atoms with Gasteiger partial charge in [0.05, 0.1) is 17.1 Å². The number of carbonyl (C=O) groups excluding carboxylic acids is 1. The van der Waals surface area contributed by atoms with Crippen molar-refractivity contribution in [2.75, 3.05) is 11.9 Å². The van der Waals surface area contributed by atoms with E-state index in [4.69, 9.17) is 0 Å². The summed E-state index contributed by atoms with van der Waals surface area (Å²) in [6.45, 7) is 1.97. The predicted octanol–water partition coefficient (Wildman–Crippen LogP) is 3.40. The SMILES string of the molecule is Cc1ccc2c3c([nH]c2c1)C(c1ccccc1F)=NCC(=O)N3. The van der Waals surface area contributed by atoms with Crippen molar-refractivity contribution in [1.82, 2.24) is 4.98 Å². The summed E-state index contributed by atoms with van der Waals surface area (Å²) in [6.07, 6.45) is 0. The Morgan fingerprint density at radius 2 is 2.00 bits per heavy atom. The largest absolute Gasteiger partial charge is 0.351 e. The molecule has 1 aromatic heterocycles. The van der Waals surface area contributed by atoms with Crippen molar-refractivity contribution in [3.05, 3.63) is 65.1 Å². The highest BCUT2D eigenvalue weighted by molar-refractivity contribution is 6.22. The lowest BCUT2D eigenvalue weighted by Gasteiger charge is -2.06. The molecule has 0 radical (unpaired) electrons. The highest BCUT2D eigenvalue weighted by Gasteiger charge is 2.24. The Bertz CT molecular complexity index is 972. The zero-order chi connectivity index (χ0) is 16.0. The second-order valence-electron chi connectivity index (χ2n) is 5.62. The van der Waals surface area contributed by atoms with Gasteiger partial charge >= 0.3 is 0 Å². The first kappa shape index (κ1) is 13.7. The van der Waals surface area contributed by atoms with Crippen LogP contribution in [0.1, 0.15) is 16.8 Å². The van der Waals surface area contributed by atoms with Crippen LogP contribution < -0.4 is 5.32 Å². The van der Waals surface area contributed by atoms with Crippen LogP contribution in [0.15, 0.2) is 47.5 Å². The van der Waals surface area contributed by atoms with E-state index in [2.05, 4.69) is 15.3 Å². The summed E-state index contributed by atoms with van der Waals surface area (Å²) in [6, 6.07) is 12.4. The number of aryl methyl sites for hydroxylation is 1. The number of aromatic amines is 1. The molecule has 2 aromatic carbocycles. The first-order chi connectivity index (χ1) is 11.1. The van der Waals surface area contributed by atoms with Crippen molar-refractivity contribution in [1.29, 1.82) is 0 Å². The summed E-state index contributed by atoms with van der Waals surface area (Å²) in [4.78, 5) is 19.6. The van der Waals surface area contributed by atoms with Crippen LogP contribution in [0.5, 0.6) is 0 Å². The van der Waals surface area contributed by atoms with Gasteiger partial charge in [-0.2, -0.15) is 0 Å². The van der Waals surface area contributed by atoms with Crippen LogP contribution >= 0.6 is 0 Å². The smallest absolute Gasteiger partial charge is 0.246 e. The number of aromatic nitrogens is 1. The first-order valence-electron chi connectivity index (χ1n) is 7.35. The maximum Gasteiger partial charge on any atom is 0.246 e. The van der Waals surface area contributed by atoms with Gasteiger partial charge in [0.15, 0.2) is 0 Å². The quantitative estimate of drug-likeness (QED) is 0.711. The van der Waals surface area contributed by atoms with Gasteiger partial charge in [0.1, 0.15) is 12.4 Å². The molecule has 0 atom stereocenters. The lowest BCUT2D eigenvalue weighted by molar-refractivity contribution is -0.114. The van der Waals surface area contributed by atoms with Gasteiger partial charge in [0.25, 0.3) is 0 Å². The number of anilines is 1. The number of benzene rings is 2. The molecule has 0 bridgehead atoms. The number of nitrogens with zero attached hydrogens (tertiary/aromatic N) is 1. The molecule has 114 valence electrons. The van der Waals surface area contributed by atoms with Gasteiger partial charge in [-0.1, -0.05) is 24.3 Å². The van der Waals surface area contributed by atoms with Gasteiger partial charge < -0.3 is 10.3 Å². The van der Waals surface area contributed by atoms with Gasteiger partial charge in [-0.05, 0) is 30.7 Å². The molecule has 23 heavy (non-hydrogen) atoms. The fraction of sp³-hybridized carbons (Fsp3) is 0.111. The van der Waals surface area contributed by atoms with E-state index in [0.717, 1.165) is 16.5 Å². The van der Waals surface area contributed by atoms with Crippen LogP contribution in [-0.2, 0) is 4.79 Å². The van der Waals surface area contributed by atoms with E-state index in [1.807, 2.05) is 25.1 Å². The minimum atomic E-state index is -0.360. The molecule has 1 aliphatic heterocycles. The van der Waals surface area contributed by atoms with E-state index >= 15 is 0 Å². The van der Waals surface area contributed by atoms with E-state index in [9.17, 15) is 9.18 Å². The molecular weight excluding hydrogens is 293 g/mol. The summed E-state index contributed by atoms with van der Waals surface area (Å²) < 4.78 is 14.2. The van der Waals surface area contributed by atoms with Gasteiger partial charge in [0, 0.05) is 16.5 Å². The van der Waals surface area contributed by atoms with E-state index < -0.39 is 0 Å². The van der Waals surface area contributed by atoms with Gasteiger partial charge in [-0.15, -0.1) is 0 Å². The number of halogens is 1. The zero-order valence-electron chi connectivity index (χ0n) is 12.5. The van der Waals surface area contributed by atoms with Crippen molar-refractivity contribution in [3.8, 4) is 0 Å². The molecule has 4 nitrogen and oxygen atoms in total. The molecule has 0 saturated heterocycles. The number of hydrogen-bond donors (Lipinski definition) is 2. The number of carbonyl (C=O) groups is 1. The fourth-order valence-corrected chi connectivity index (χ4v) is 2.90. The third-order valence-electron chi connectivity index (χ3n) is 3.97. The molecule has 0 saturated carbocycles. The molecule has 5 heteroatoms. The van der Waals surface area contributed by atoms with Crippen molar-refractivity contribution in [2.45, 2.75) is 6.92 Å². The Hall–Kier alpha value is -2.95. The second kappa shape index (κ2) is 5.05. The highest BCUT2D eigenvalue weighted by atomic mass is 19.1. The molecule has 1 aliphatic rings. The normalized spacial score (nSPS) is 14.2. The molecule has 0 fully saturated rings. The summed E-state index contributed by atoms with van der Waals surface area (Å²) in [5.74, 6) is -0.569. The van der Waals surface area contributed by atoms with E-state index in [1.54, 1.807) is 18.2 Å². The number of fused-ring (bicyclic) bond motifs is 3. The highest BCUT2D eigenvalue weighted by Crippen LogP contribution is 2.32. The van der Waals surface area contributed by atoms with Crippen molar-refractivity contribution >= 4 is 28.2 Å². The van der Waals surface area contributed by atoms with Crippen LogP contribution in [0.2, 0.25) is 0 Å². The van der Waals surface area contributed by atoms with Gasteiger partial charge in [0.2, 0.25) is 5.91 Å². The predicted molar refractivity (Wildman–Crippen MR) is 88.6 cm³/mol. The number of hydrogen-bond acceptors (Lipinski definition) is 2. The lowest BCUT2D eigenvalue weighted by Crippen LogP contribution is -2.13. The van der Waals surface area contributed by atoms with Crippen molar-refractivity contribution < 1.29 is 9.18 Å². The molecule has 2 heterocycles. The number of amides is 1. The Morgan fingerprint density at radius 3 is 2.83 bits per heavy atom. The maximum atomic E-state index is 14.2. The number of rotatable bonds is 1. The molecule has 1 amide bonds. The molecule has 4 rings (SSSR count). The van der Waals surface area contributed by atoms with Crippen molar-refractivity contribution in [3.63, 3.8) is 0 Å². The molecule has 0 aliphatic carbocycles. The minimum absolute atomic E-state index is 0.0282. The molecule has 2 N–H and O–H groups in total. The Morgan fingerprint density at radius 1 is 1.17 bits per heavy atom. The maximum absolute atomic E-state index is 14.2. The van der Waals surface area contributed by atoms with Crippen LogP contribution in [0.4, 0.5) is 10.1 Å². The van der Waals surface area contributed by atoms with Crippen LogP contribution in [0, 0.1) is 12.7 Å². The number of H-pyrrole nitrogens is 1. The summed E-state index contributed by atoms with van der Waals surface area (Å²) in [7, 11) is 0. The molecular formula is C18H14FN3O. The Kier molecular flexibility index (Phi) is 3.01. The van der Waals surface area contributed by atoms with E-state index in [-0.39, 0.29) is 18.3 Å². The fourth-order valence-electron chi connectivity index (χ4n) is 2.90. The molecule has 0 spiro atoms. The van der Waals surface area contributed by atoms with Crippen LogP contribution in [-0.4, -0.2) is 23.1 Å². The second-order valence-corrected chi connectivity index (χ2v) is 5.62. The summed E-state index contributed by atoms with van der Waals surface area (Å²) >= 11 is 0. The molecule has 0 unspecified atom stereocenters. The van der Waals surface area contributed by atoms with Gasteiger partial charge in [-0.25, -0.2) is 4.39 Å². The number of aliphatic imine (C=N–C) groups is 1. The molecule has 3 aromatic rings. The van der Waals surface area contributed by atoms with E-state index in [0.29, 0.717) is 22.7 Å². The first-order valence-corrected chi connectivity index (χ1v) is 7.35. The monoisotopic (exact) mass is 307 g/mol. The van der Waals surface area contributed by atoms with Crippen LogP contribution in [0.3, 0.4) is 0 Å². The third kappa shape index (κ3) is 2.21. The average molecular weight is 307 g/mol. The van der Waals surface area contributed by atoms with E-state index in [1.165, 1.54) is 6.07 Å². The summed E-state index contributed by atoms with van der Waals surface area (Å²) in [5.41, 5.74) is 4.13. The van der Waals surface area contributed by atoms with Crippen LogP contribution in [0.25, 0.3) is 10.9 Å². The topological polar surface area (TPSA) is 57.2 Å². The Labute approximate surface area is 132 Å². The summed E-state index contributed by atoms with van der Waals surface area (Å²) in [5, 5.41) is 3.77. The minimum Gasteiger partial charge on any atom is -0.351 e. The number of nitrogens with one attached hydrogen (secondary N) is 2. The lowest BCUT2D eigenvalue weighted by atomic mass is 10.1.